The van der Waals surface area contributed by atoms with Crippen molar-refractivity contribution in [3.8, 4) is 0 Å². The van der Waals surface area contributed by atoms with Crippen LogP contribution in [0, 0.1) is 0 Å². The standard InChI is InChI=1S/C21H21NO4/c1-20(2,25)17(23)13-14-21(16-11-7-4-8-12-16)19(24)26-18(22-21)15-9-5-3-6-10-15/h3-12,25H,13-14H2,1-2H3/t21-/m1/s1. The van der Waals surface area contributed by atoms with E-state index >= 15 is 0 Å². The molecule has 1 heterocycles. The fourth-order valence-electron chi connectivity index (χ4n) is 2.92. The lowest BCUT2D eigenvalue weighted by molar-refractivity contribution is -0.140. The van der Waals surface area contributed by atoms with Crippen LogP contribution in [0.1, 0.15) is 37.8 Å². The van der Waals surface area contributed by atoms with Gasteiger partial charge in [-0.2, -0.15) is 0 Å². The van der Waals surface area contributed by atoms with Crippen LogP contribution in [0.5, 0.6) is 0 Å². The number of ketones is 1. The molecule has 5 nitrogen and oxygen atoms in total. The van der Waals surface area contributed by atoms with Crippen molar-refractivity contribution in [2.45, 2.75) is 37.8 Å². The van der Waals surface area contributed by atoms with Gasteiger partial charge in [-0.05, 0) is 38.0 Å². The van der Waals surface area contributed by atoms with E-state index in [0.717, 1.165) is 0 Å². The molecule has 2 aromatic carbocycles. The van der Waals surface area contributed by atoms with E-state index in [1.807, 2.05) is 48.5 Å². The highest BCUT2D eigenvalue weighted by molar-refractivity contribution is 6.08. The van der Waals surface area contributed by atoms with Crippen LogP contribution < -0.4 is 0 Å². The summed E-state index contributed by atoms with van der Waals surface area (Å²) in [5, 5.41) is 9.91. The molecule has 0 radical (unpaired) electrons. The van der Waals surface area contributed by atoms with E-state index in [-0.39, 0.29) is 24.5 Å². The van der Waals surface area contributed by atoms with Crippen LogP contribution in [0.25, 0.3) is 0 Å². The van der Waals surface area contributed by atoms with Crippen molar-refractivity contribution >= 4 is 17.7 Å². The smallest absolute Gasteiger partial charge is 0.345 e. The molecule has 134 valence electrons. The predicted octanol–water partition coefficient (Wildman–Crippen LogP) is 3.01. The normalized spacial score (nSPS) is 19.8. The number of esters is 1. The van der Waals surface area contributed by atoms with E-state index in [9.17, 15) is 14.7 Å². The summed E-state index contributed by atoms with van der Waals surface area (Å²) in [7, 11) is 0. The number of carbonyl (C=O) groups is 2. The number of Topliss-reactive ketones (excluding diaryl/α,β-unsaturated/α-hetero) is 1. The molecular weight excluding hydrogens is 330 g/mol. The zero-order valence-corrected chi connectivity index (χ0v) is 14.8. The second-order valence-corrected chi connectivity index (χ2v) is 6.88. The monoisotopic (exact) mass is 351 g/mol. The quantitative estimate of drug-likeness (QED) is 0.812. The minimum absolute atomic E-state index is 0.0130. The van der Waals surface area contributed by atoms with Gasteiger partial charge in [0.25, 0.3) is 0 Å². The third kappa shape index (κ3) is 3.44. The minimum Gasteiger partial charge on any atom is -0.405 e. The maximum atomic E-state index is 12.8. The van der Waals surface area contributed by atoms with Crippen molar-refractivity contribution in [2.24, 2.45) is 4.99 Å². The number of ether oxygens (including phenoxy) is 1. The summed E-state index contributed by atoms with van der Waals surface area (Å²) >= 11 is 0. The second-order valence-electron chi connectivity index (χ2n) is 6.88. The van der Waals surface area contributed by atoms with Gasteiger partial charge in [0, 0.05) is 12.0 Å². The molecule has 3 rings (SSSR count). The molecule has 1 atom stereocenters. The van der Waals surface area contributed by atoms with Crippen molar-refractivity contribution in [3.05, 3.63) is 71.8 Å². The Morgan fingerprint density at radius 3 is 2.23 bits per heavy atom. The molecular formula is C21H21NO4. The molecule has 0 unspecified atom stereocenters. The Balaban J connectivity index is 2.00. The van der Waals surface area contributed by atoms with Gasteiger partial charge in [-0.25, -0.2) is 9.79 Å². The zero-order valence-electron chi connectivity index (χ0n) is 14.8. The van der Waals surface area contributed by atoms with Crippen molar-refractivity contribution in [1.82, 2.24) is 0 Å². The topological polar surface area (TPSA) is 76.0 Å². The largest absolute Gasteiger partial charge is 0.405 e. The first-order valence-electron chi connectivity index (χ1n) is 8.52. The number of benzene rings is 2. The van der Waals surface area contributed by atoms with E-state index in [1.54, 1.807) is 12.1 Å². The van der Waals surface area contributed by atoms with Crippen LogP contribution in [0.15, 0.2) is 65.7 Å². The number of nitrogens with zero attached hydrogens (tertiary/aromatic N) is 1. The van der Waals surface area contributed by atoms with Crippen molar-refractivity contribution in [2.75, 3.05) is 0 Å². The number of aliphatic imine (C=N–C) groups is 1. The van der Waals surface area contributed by atoms with Gasteiger partial charge < -0.3 is 9.84 Å². The molecule has 0 spiro atoms. The fourth-order valence-corrected chi connectivity index (χ4v) is 2.92. The van der Waals surface area contributed by atoms with Crippen LogP contribution in [0.3, 0.4) is 0 Å². The number of cyclic esters (lactones) is 1. The highest BCUT2D eigenvalue weighted by Gasteiger charge is 2.48. The van der Waals surface area contributed by atoms with E-state index < -0.39 is 17.1 Å². The molecule has 0 bridgehead atoms. The lowest BCUT2D eigenvalue weighted by Gasteiger charge is -2.24. The van der Waals surface area contributed by atoms with Crippen molar-refractivity contribution in [3.63, 3.8) is 0 Å². The lowest BCUT2D eigenvalue weighted by atomic mass is 9.84. The third-order valence-electron chi connectivity index (χ3n) is 4.49. The summed E-state index contributed by atoms with van der Waals surface area (Å²) in [5.41, 5.74) is -1.37. The molecule has 1 aliphatic rings. The average molecular weight is 351 g/mol. The number of hydrogen-bond donors (Lipinski definition) is 1. The Hall–Kier alpha value is -2.79. The van der Waals surface area contributed by atoms with Gasteiger partial charge >= 0.3 is 5.97 Å². The molecule has 0 saturated heterocycles. The predicted molar refractivity (Wildman–Crippen MR) is 97.7 cm³/mol. The van der Waals surface area contributed by atoms with Gasteiger partial charge in [0.15, 0.2) is 11.3 Å². The van der Waals surface area contributed by atoms with E-state index in [2.05, 4.69) is 4.99 Å². The highest BCUT2D eigenvalue weighted by Crippen LogP contribution is 2.38. The van der Waals surface area contributed by atoms with Crippen LogP contribution in [-0.4, -0.2) is 28.4 Å². The summed E-state index contributed by atoms with van der Waals surface area (Å²) in [6, 6.07) is 18.3. The molecule has 2 aromatic rings. The molecule has 0 amide bonds. The Labute approximate surface area is 152 Å². The molecule has 0 saturated carbocycles. The number of rotatable bonds is 6. The van der Waals surface area contributed by atoms with Crippen molar-refractivity contribution in [1.29, 1.82) is 0 Å². The molecule has 0 fully saturated rings. The highest BCUT2D eigenvalue weighted by atomic mass is 16.6. The molecule has 5 heteroatoms. The van der Waals surface area contributed by atoms with Crippen LogP contribution in [-0.2, 0) is 19.9 Å². The van der Waals surface area contributed by atoms with Crippen LogP contribution >= 0.6 is 0 Å². The molecule has 1 N–H and O–H groups in total. The SMILES string of the molecule is CC(C)(O)C(=O)CC[C@]1(c2ccccc2)N=C(c2ccccc2)OC1=O. The fraction of sp³-hybridized carbons (Fsp3) is 0.286. The van der Waals surface area contributed by atoms with E-state index in [0.29, 0.717) is 11.1 Å². The third-order valence-corrected chi connectivity index (χ3v) is 4.49. The Kier molecular flexibility index (Phi) is 4.74. The summed E-state index contributed by atoms with van der Waals surface area (Å²) in [6.07, 6.45) is 0.147. The number of carbonyl (C=O) groups excluding carboxylic acids is 2. The molecule has 0 aromatic heterocycles. The van der Waals surface area contributed by atoms with Crippen LogP contribution in [0.2, 0.25) is 0 Å². The van der Waals surface area contributed by atoms with Gasteiger partial charge in [0.05, 0.1) is 0 Å². The first-order chi connectivity index (χ1) is 12.3. The van der Waals surface area contributed by atoms with Gasteiger partial charge in [-0.1, -0.05) is 48.5 Å². The van der Waals surface area contributed by atoms with Gasteiger partial charge in [0.2, 0.25) is 5.90 Å². The molecule has 0 aliphatic carbocycles. The molecule has 1 aliphatic heterocycles. The molecule has 26 heavy (non-hydrogen) atoms. The van der Waals surface area contributed by atoms with Gasteiger partial charge in [0.1, 0.15) is 5.60 Å². The van der Waals surface area contributed by atoms with E-state index in [4.69, 9.17) is 4.74 Å². The summed E-state index contributed by atoms with van der Waals surface area (Å²) < 4.78 is 5.47. The maximum absolute atomic E-state index is 12.8. The van der Waals surface area contributed by atoms with E-state index in [1.165, 1.54) is 13.8 Å². The first-order valence-corrected chi connectivity index (χ1v) is 8.52. The van der Waals surface area contributed by atoms with Gasteiger partial charge in [-0.3, -0.25) is 4.79 Å². The number of aliphatic hydroxyl groups is 1. The van der Waals surface area contributed by atoms with Gasteiger partial charge in [-0.15, -0.1) is 0 Å². The summed E-state index contributed by atoms with van der Waals surface area (Å²) in [4.78, 5) is 29.6. The number of hydrogen-bond acceptors (Lipinski definition) is 5. The van der Waals surface area contributed by atoms with Crippen molar-refractivity contribution < 1.29 is 19.4 Å². The zero-order chi connectivity index (χ0) is 18.8. The minimum atomic E-state index is -1.45. The maximum Gasteiger partial charge on any atom is 0.345 e. The Morgan fingerprint density at radius 1 is 1.08 bits per heavy atom. The summed E-state index contributed by atoms with van der Waals surface area (Å²) in [6.45, 7) is 2.88. The lowest BCUT2D eigenvalue weighted by Crippen LogP contribution is -2.36. The average Bonchev–Trinajstić information content (AvgIpc) is 2.98. The second kappa shape index (κ2) is 6.84. The summed E-state index contributed by atoms with van der Waals surface area (Å²) in [5.74, 6) is -0.606. The first kappa shape index (κ1) is 18.0. The Bertz CT molecular complexity index is 837. The Morgan fingerprint density at radius 2 is 1.65 bits per heavy atom. The van der Waals surface area contributed by atoms with Crippen LogP contribution in [0.4, 0.5) is 0 Å².